The Morgan fingerprint density at radius 3 is 1.27 bits per heavy atom. The summed E-state index contributed by atoms with van der Waals surface area (Å²) in [6, 6.07) is 0. The van der Waals surface area contributed by atoms with Crippen LogP contribution in [0.2, 0.25) is 0 Å². The third-order valence-corrected chi connectivity index (χ3v) is 10.3. The second-order valence-corrected chi connectivity index (χ2v) is 15.3. The molecule has 0 aliphatic heterocycles. The van der Waals surface area contributed by atoms with Gasteiger partial charge in [-0.25, -0.2) is 0 Å². The average Bonchev–Trinajstić information content (AvgIpc) is 3.11. The monoisotopic (exact) mass is 685 g/mol. The standard InChI is InChI=1S/C47H88O2/c1-4-6-7-8-9-10-11-12-22-26-29-32-35-38-41-44-47(48)49-45-42-39-36-33-30-27-24-21-19-17-15-13-14-16-18-20-23-25-28-31-34-37-40-43-46(3)5-2/h6-7,9-10,12,22,46H,4-5,8,11,13-21,23-45H2,1-3H3/b7-6-,10-9-,22-12-. The summed E-state index contributed by atoms with van der Waals surface area (Å²) in [5, 5.41) is 0. The molecule has 0 saturated heterocycles. The number of hydrogen-bond acceptors (Lipinski definition) is 2. The zero-order chi connectivity index (χ0) is 35.6. The Morgan fingerprint density at radius 2 is 0.816 bits per heavy atom. The van der Waals surface area contributed by atoms with Crippen molar-refractivity contribution in [2.45, 2.75) is 245 Å². The number of esters is 1. The SMILES string of the molecule is CC/C=C\C/C=C\C/C=C\CCCCCCCC(=O)OCCCCCCCCCCCCCCCCCCCCCCCCCC(C)CC. The molecule has 2 heteroatoms. The molecule has 0 aliphatic carbocycles. The van der Waals surface area contributed by atoms with Gasteiger partial charge in [0.15, 0.2) is 0 Å². The normalized spacial score (nSPS) is 12.6. The van der Waals surface area contributed by atoms with Gasteiger partial charge in [-0.05, 0) is 50.9 Å². The van der Waals surface area contributed by atoms with E-state index in [1.807, 2.05) is 0 Å². The molecule has 1 atom stereocenters. The fourth-order valence-corrected chi connectivity index (χ4v) is 6.66. The first kappa shape index (κ1) is 47.7. The van der Waals surface area contributed by atoms with Crippen molar-refractivity contribution in [2.75, 3.05) is 6.61 Å². The molecule has 0 amide bonds. The Kier molecular flexibility index (Phi) is 41.7. The topological polar surface area (TPSA) is 26.3 Å². The van der Waals surface area contributed by atoms with Gasteiger partial charge in [-0.1, -0.05) is 231 Å². The van der Waals surface area contributed by atoms with E-state index in [1.54, 1.807) is 0 Å². The maximum absolute atomic E-state index is 12.0. The Morgan fingerprint density at radius 1 is 0.449 bits per heavy atom. The summed E-state index contributed by atoms with van der Waals surface area (Å²) in [5.41, 5.74) is 0. The molecule has 1 unspecified atom stereocenters. The summed E-state index contributed by atoms with van der Waals surface area (Å²) < 4.78 is 5.46. The van der Waals surface area contributed by atoms with Crippen molar-refractivity contribution in [3.05, 3.63) is 36.5 Å². The van der Waals surface area contributed by atoms with E-state index in [4.69, 9.17) is 4.74 Å². The van der Waals surface area contributed by atoms with Crippen molar-refractivity contribution in [3.8, 4) is 0 Å². The predicted octanol–water partition coefficient (Wildman–Crippen LogP) is 16.5. The zero-order valence-corrected chi connectivity index (χ0v) is 33.8. The zero-order valence-electron chi connectivity index (χ0n) is 33.8. The summed E-state index contributed by atoms with van der Waals surface area (Å²) in [7, 11) is 0. The van der Waals surface area contributed by atoms with Crippen molar-refractivity contribution in [1.29, 1.82) is 0 Å². The third kappa shape index (κ3) is 42.8. The van der Waals surface area contributed by atoms with Crippen LogP contribution in [-0.2, 0) is 9.53 Å². The van der Waals surface area contributed by atoms with Gasteiger partial charge >= 0.3 is 5.97 Å². The van der Waals surface area contributed by atoms with E-state index >= 15 is 0 Å². The Hall–Kier alpha value is -1.31. The summed E-state index contributed by atoms with van der Waals surface area (Å²) in [6.45, 7) is 7.51. The van der Waals surface area contributed by atoms with Gasteiger partial charge in [-0.3, -0.25) is 4.79 Å². The van der Waals surface area contributed by atoms with Crippen molar-refractivity contribution in [2.24, 2.45) is 5.92 Å². The minimum Gasteiger partial charge on any atom is -0.466 e. The molecule has 288 valence electrons. The highest BCUT2D eigenvalue weighted by Crippen LogP contribution is 2.17. The lowest BCUT2D eigenvalue weighted by molar-refractivity contribution is -0.143. The van der Waals surface area contributed by atoms with E-state index in [9.17, 15) is 4.79 Å². The lowest BCUT2D eigenvalue weighted by Gasteiger charge is -2.07. The van der Waals surface area contributed by atoms with Crippen LogP contribution in [0.15, 0.2) is 36.5 Å². The van der Waals surface area contributed by atoms with E-state index in [2.05, 4.69) is 57.2 Å². The van der Waals surface area contributed by atoms with Crippen LogP contribution in [0.4, 0.5) is 0 Å². The molecule has 0 fully saturated rings. The molecular weight excluding hydrogens is 597 g/mol. The number of allylic oxidation sites excluding steroid dienone is 6. The first-order valence-corrected chi connectivity index (χ1v) is 22.3. The fourth-order valence-electron chi connectivity index (χ4n) is 6.66. The molecule has 0 aliphatic rings. The Labute approximate surface area is 309 Å². The molecule has 0 bridgehead atoms. The first-order valence-electron chi connectivity index (χ1n) is 22.3. The Bertz CT molecular complexity index is 720. The van der Waals surface area contributed by atoms with Crippen LogP contribution >= 0.6 is 0 Å². The van der Waals surface area contributed by atoms with Crippen LogP contribution in [0.5, 0.6) is 0 Å². The minimum atomic E-state index is 0.00978. The maximum atomic E-state index is 12.0. The van der Waals surface area contributed by atoms with Crippen molar-refractivity contribution in [1.82, 2.24) is 0 Å². The number of rotatable bonds is 40. The quantitative estimate of drug-likeness (QED) is 0.0365. The molecule has 0 rings (SSSR count). The number of unbranched alkanes of at least 4 members (excludes halogenated alkanes) is 27. The van der Waals surface area contributed by atoms with Crippen LogP contribution < -0.4 is 0 Å². The van der Waals surface area contributed by atoms with Gasteiger partial charge in [0.25, 0.3) is 0 Å². The second kappa shape index (κ2) is 42.9. The highest BCUT2D eigenvalue weighted by Gasteiger charge is 2.03. The third-order valence-electron chi connectivity index (χ3n) is 10.3. The van der Waals surface area contributed by atoms with Gasteiger partial charge in [0.1, 0.15) is 0 Å². The molecule has 0 spiro atoms. The molecule has 49 heavy (non-hydrogen) atoms. The summed E-state index contributed by atoms with van der Waals surface area (Å²) in [6.07, 6.45) is 59.6. The van der Waals surface area contributed by atoms with Crippen LogP contribution in [0, 0.1) is 5.92 Å². The van der Waals surface area contributed by atoms with Crippen LogP contribution in [0.1, 0.15) is 245 Å². The van der Waals surface area contributed by atoms with Crippen molar-refractivity contribution in [3.63, 3.8) is 0 Å². The van der Waals surface area contributed by atoms with Gasteiger partial charge in [0.2, 0.25) is 0 Å². The minimum absolute atomic E-state index is 0.00978. The van der Waals surface area contributed by atoms with Crippen LogP contribution in [0.3, 0.4) is 0 Å². The molecule has 0 aromatic carbocycles. The highest BCUT2D eigenvalue weighted by atomic mass is 16.5. The molecule has 0 aromatic heterocycles. The summed E-state index contributed by atoms with van der Waals surface area (Å²) >= 11 is 0. The number of carbonyl (C=O) groups excluding carboxylic acids is 1. The summed E-state index contributed by atoms with van der Waals surface area (Å²) in [5.74, 6) is 0.945. The molecule has 0 aromatic rings. The van der Waals surface area contributed by atoms with E-state index in [0.29, 0.717) is 13.0 Å². The van der Waals surface area contributed by atoms with Crippen molar-refractivity contribution >= 4 is 5.97 Å². The van der Waals surface area contributed by atoms with Crippen molar-refractivity contribution < 1.29 is 9.53 Å². The highest BCUT2D eigenvalue weighted by molar-refractivity contribution is 5.69. The summed E-state index contributed by atoms with van der Waals surface area (Å²) in [4.78, 5) is 12.0. The molecule has 0 heterocycles. The van der Waals surface area contributed by atoms with E-state index in [0.717, 1.165) is 44.4 Å². The molecular formula is C47H88O2. The van der Waals surface area contributed by atoms with E-state index < -0.39 is 0 Å². The van der Waals surface area contributed by atoms with Gasteiger partial charge in [-0.15, -0.1) is 0 Å². The van der Waals surface area contributed by atoms with Gasteiger partial charge in [0, 0.05) is 6.42 Å². The molecule has 0 saturated carbocycles. The smallest absolute Gasteiger partial charge is 0.305 e. The molecule has 0 radical (unpaired) electrons. The Balaban J connectivity index is 3.20. The average molecular weight is 685 g/mol. The van der Waals surface area contributed by atoms with Crippen LogP contribution in [-0.4, -0.2) is 12.6 Å². The van der Waals surface area contributed by atoms with Gasteiger partial charge in [-0.2, -0.15) is 0 Å². The van der Waals surface area contributed by atoms with Crippen LogP contribution in [0.25, 0.3) is 0 Å². The number of ether oxygens (including phenoxy) is 1. The number of carbonyl (C=O) groups is 1. The fraction of sp³-hybridized carbons (Fsp3) is 0.851. The van der Waals surface area contributed by atoms with E-state index in [1.165, 1.54) is 180 Å². The molecule has 0 N–H and O–H groups in total. The maximum Gasteiger partial charge on any atom is 0.305 e. The lowest BCUT2D eigenvalue weighted by Crippen LogP contribution is -2.05. The van der Waals surface area contributed by atoms with E-state index in [-0.39, 0.29) is 5.97 Å². The predicted molar refractivity (Wildman–Crippen MR) is 220 cm³/mol. The molecule has 2 nitrogen and oxygen atoms in total. The van der Waals surface area contributed by atoms with Gasteiger partial charge in [0.05, 0.1) is 6.61 Å². The first-order chi connectivity index (χ1) is 24.2. The second-order valence-electron chi connectivity index (χ2n) is 15.3. The van der Waals surface area contributed by atoms with Gasteiger partial charge < -0.3 is 4.74 Å². The lowest BCUT2D eigenvalue weighted by atomic mass is 9.99. The number of hydrogen-bond donors (Lipinski definition) is 0. The largest absolute Gasteiger partial charge is 0.466 e.